The number of halogens is 4. The summed E-state index contributed by atoms with van der Waals surface area (Å²) in [5.74, 6) is -0.112. The predicted octanol–water partition coefficient (Wildman–Crippen LogP) is 6.23. The molecule has 0 radical (unpaired) electrons. The molecule has 8 heteroatoms. The van der Waals surface area contributed by atoms with E-state index in [2.05, 4.69) is 0 Å². The fourth-order valence-electron chi connectivity index (χ4n) is 2.73. The molecule has 0 spiro atoms. The average Bonchev–Trinajstić information content (AvgIpc) is 3.16. The van der Waals surface area contributed by atoms with Gasteiger partial charge in [0, 0.05) is 16.1 Å². The van der Waals surface area contributed by atoms with E-state index in [1.165, 1.54) is 42.5 Å². The summed E-state index contributed by atoms with van der Waals surface area (Å²) in [6.45, 7) is 0.0457. The lowest BCUT2D eigenvalue weighted by Crippen LogP contribution is -2.30. The summed E-state index contributed by atoms with van der Waals surface area (Å²) in [6.07, 6.45) is 1.50. The summed E-state index contributed by atoms with van der Waals surface area (Å²) in [4.78, 5) is 14.6. The Balaban J connectivity index is 1.98. The van der Waals surface area contributed by atoms with Gasteiger partial charge in [0.05, 0.1) is 36.5 Å². The van der Waals surface area contributed by atoms with Crippen LogP contribution in [-0.2, 0) is 13.1 Å². The van der Waals surface area contributed by atoms with Gasteiger partial charge < -0.3 is 14.1 Å². The fourth-order valence-corrected chi connectivity index (χ4v) is 3.59. The number of carbonyl (C=O) groups is 1. The molecule has 0 atom stereocenters. The summed E-state index contributed by atoms with van der Waals surface area (Å²) in [6, 6.07) is 10.7. The molecule has 2 aromatic carbocycles. The molecule has 3 aromatic rings. The Morgan fingerprint density at radius 3 is 2.36 bits per heavy atom. The maximum Gasteiger partial charge on any atom is 0.254 e. The first-order valence-electron chi connectivity index (χ1n) is 8.18. The second-order valence-electron chi connectivity index (χ2n) is 5.91. The number of rotatable bonds is 6. The molecule has 0 aliphatic heterocycles. The predicted molar refractivity (Wildman–Crippen MR) is 107 cm³/mol. The molecule has 0 unspecified atom stereocenters. The summed E-state index contributed by atoms with van der Waals surface area (Å²) < 4.78 is 24.7. The molecule has 4 nitrogen and oxygen atoms in total. The largest absolute Gasteiger partial charge is 0.494 e. The molecule has 1 amide bonds. The van der Waals surface area contributed by atoms with Crippen LogP contribution < -0.4 is 4.74 Å². The van der Waals surface area contributed by atoms with Gasteiger partial charge in [0.1, 0.15) is 11.6 Å². The zero-order valence-corrected chi connectivity index (χ0v) is 17.0. The molecule has 28 heavy (non-hydrogen) atoms. The van der Waals surface area contributed by atoms with E-state index in [-0.39, 0.29) is 45.0 Å². The lowest BCUT2D eigenvalue weighted by molar-refractivity contribution is 0.0716. The highest BCUT2D eigenvalue weighted by atomic mass is 35.5. The van der Waals surface area contributed by atoms with Crippen LogP contribution >= 0.6 is 34.8 Å². The molecular weight excluding hydrogens is 428 g/mol. The maximum absolute atomic E-state index is 14.3. The number of amides is 1. The van der Waals surface area contributed by atoms with Crippen molar-refractivity contribution in [2.75, 3.05) is 7.11 Å². The first-order chi connectivity index (χ1) is 13.4. The Kier molecular flexibility index (Phi) is 6.50. The summed E-state index contributed by atoms with van der Waals surface area (Å²) >= 11 is 18.5. The van der Waals surface area contributed by atoms with Crippen LogP contribution in [0, 0.1) is 5.82 Å². The molecule has 0 fully saturated rings. The Hall–Kier alpha value is -2.21. The number of benzene rings is 2. The molecule has 1 aromatic heterocycles. The van der Waals surface area contributed by atoms with Crippen LogP contribution in [0.25, 0.3) is 0 Å². The molecule has 0 N–H and O–H groups in total. The first kappa shape index (κ1) is 20.5. The van der Waals surface area contributed by atoms with E-state index in [1.54, 1.807) is 18.2 Å². The van der Waals surface area contributed by atoms with E-state index in [9.17, 15) is 9.18 Å². The average molecular weight is 443 g/mol. The first-order valence-corrected chi connectivity index (χ1v) is 9.31. The summed E-state index contributed by atoms with van der Waals surface area (Å²) in [5.41, 5.74) is 0.435. The van der Waals surface area contributed by atoms with Crippen molar-refractivity contribution in [3.05, 3.63) is 86.5 Å². The molecule has 3 rings (SSSR count). The molecular formula is C20H15Cl3FNO3. The van der Waals surface area contributed by atoms with Gasteiger partial charge in [0.15, 0.2) is 5.75 Å². The quantitative estimate of drug-likeness (QED) is 0.454. The molecule has 0 aliphatic rings. The zero-order valence-electron chi connectivity index (χ0n) is 14.7. The lowest BCUT2D eigenvalue weighted by atomic mass is 10.1. The van der Waals surface area contributed by atoms with E-state index < -0.39 is 11.7 Å². The second kappa shape index (κ2) is 8.86. The molecule has 0 saturated heterocycles. The number of nitrogens with zero attached hydrogens (tertiary/aromatic N) is 1. The number of hydrogen-bond donors (Lipinski definition) is 0. The molecule has 0 saturated carbocycles. The number of ether oxygens (including phenoxy) is 1. The van der Waals surface area contributed by atoms with Crippen LogP contribution in [-0.4, -0.2) is 17.9 Å². The van der Waals surface area contributed by atoms with Gasteiger partial charge in [-0.3, -0.25) is 4.79 Å². The van der Waals surface area contributed by atoms with Crippen molar-refractivity contribution in [1.29, 1.82) is 0 Å². The van der Waals surface area contributed by atoms with Crippen molar-refractivity contribution in [1.82, 2.24) is 4.90 Å². The van der Waals surface area contributed by atoms with E-state index in [0.717, 1.165) is 0 Å². The Morgan fingerprint density at radius 2 is 1.79 bits per heavy atom. The van der Waals surface area contributed by atoms with Crippen molar-refractivity contribution < 1.29 is 18.3 Å². The van der Waals surface area contributed by atoms with Crippen LogP contribution in [0.15, 0.2) is 53.1 Å². The van der Waals surface area contributed by atoms with Gasteiger partial charge >= 0.3 is 0 Å². The second-order valence-corrected chi connectivity index (χ2v) is 7.14. The highest BCUT2D eigenvalue weighted by Crippen LogP contribution is 2.34. The summed E-state index contributed by atoms with van der Waals surface area (Å²) in [5, 5.41) is 0.614. The third-order valence-electron chi connectivity index (χ3n) is 4.07. The van der Waals surface area contributed by atoms with Crippen molar-refractivity contribution >= 4 is 40.7 Å². The smallest absolute Gasteiger partial charge is 0.254 e. The van der Waals surface area contributed by atoms with E-state index in [0.29, 0.717) is 5.76 Å². The van der Waals surface area contributed by atoms with E-state index in [1.807, 2.05) is 0 Å². The van der Waals surface area contributed by atoms with Gasteiger partial charge in [-0.15, -0.1) is 0 Å². The number of carbonyl (C=O) groups excluding carboxylic acids is 1. The van der Waals surface area contributed by atoms with Crippen molar-refractivity contribution in [2.45, 2.75) is 13.1 Å². The van der Waals surface area contributed by atoms with Crippen molar-refractivity contribution in [2.24, 2.45) is 0 Å². The fraction of sp³-hybridized carbons (Fsp3) is 0.150. The minimum absolute atomic E-state index is 0.0632. The number of methoxy groups -OCH3 is 1. The van der Waals surface area contributed by atoms with Crippen LogP contribution in [0.2, 0.25) is 15.1 Å². The topological polar surface area (TPSA) is 42.7 Å². The minimum Gasteiger partial charge on any atom is -0.494 e. The van der Waals surface area contributed by atoms with Gasteiger partial charge in [-0.2, -0.15) is 0 Å². The maximum atomic E-state index is 14.3. The zero-order chi connectivity index (χ0) is 20.3. The van der Waals surface area contributed by atoms with Gasteiger partial charge in [-0.1, -0.05) is 40.9 Å². The van der Waals surface area contributed by atoms with E-state index >= 15 is 0 Å². The van der Waals surface area contributed by atoms with Gasteiger partial charge in [0.2, 0.25) is 0 Å². The van der Waals surface area contributed by atoms with Crippen LogP contribution in [0.1, 0.15) is 21.7 Å². The number of hydrogen-bond acceptors (Lipinski definition) is 3. The molecule has 0 aliphatic carbocycles. The van der Waals surface area contributed by atoms with Gasteiger partial charge in [-0.05, 0) is 36.4 Å². The van der Waals surface area contributed by atoms with Crippen LogP contribution in [0.3, 0.4) is 0 Å². The van der Waals surface area contributed by atoms with E-state index in [4.69, 9.17) is 44.0 Å². The molecule has 146 valence electrons. The highest BCUT2D eigenvalue weighted by Gasteiger charge is 2.22. The standard InChI is InChI=1S/C20H15Cl3FNO3/c1-27-19-16(22)8-12(9-17(19)23)20(26)25(10-13-4-3-7-28-13)11-14-15(21)5-2-6-18(14)24/h2-9H,10-11H2,1H3. The van der Waals surface area contributed by atoms with Crippen molar-refractivity contribution in [3.8, 4) is 5.75 Å². The van der Waals surface area contributed by atoms with Crippen LogP contribution in [0.5, 0.6) is 5.75 Å². The monoisotopic (exact) mass is 441 g/mol. The molecule has 0 bridgehead atoms. The third-order valence-corrected chi connectivity index (χ3v) is 4.99. The van der Waals surface area contributed by atoms with Gasteiger partial charge in [-0.25, -0.2) is 4.39 Å². The Morgan fingerprint density at radius 1 is 1.07 bits per heavy atom. The minimum atomic E-state index is -0.504. The Labute approximate surface area is 176 Å². The Bertz CT molecular complexity index is 949. The summed E-state index contributed by atoms with van der Waals surface area (Å²) in [7, 11) is 1.43. The van der Waals surface area contributed by atoms with Gasteiger partial charge in [0.25, 0.3) is 5.91 Å². The lowest BCUT2D eigenvalue weighted by Gasteiger charge is -2.23. The third kappa shape index (κ3) is 4.43. The molecule has 1 heterocycles. The highest BCUT2D eigenvalue weighted by molar-refractivity contribution is 6.37. The van der Waals surface area contributed by atoms with Crippen LogP contribution in [0.4, 0.5) is 4.39 Å². The SMILES string of the molecule is COc1c(Cl)cc(C(=O)N(Cc2ccco2)Cc2c(F)cccc2Cl)cc1Cl. The number of furan rings is 1. The normalized spacial score (nSPS) is 10.8. The van der Waals surface area contributed by atoms with Crippen molar-refractivity contribution in [3.63, 3.8) is 0 Å².